The number of rotatable bonds is 3. The van der Waals surface area contributed by atoms with Crippen LogP contribution in [-0.2, 0) is 0 Å². The average molecular weight is 305 g/mol. The first-order valence-corrected chi connectivity index (χ1v) is 7.50. The Kier molecular flexibility index (Phi) is 3.98. The summed E-state index contributed by atoms with van der Waals surface area (Å²) in [5.41, 5.74) is 8.12. The third-order valence-electron chi connectivity index (χ3n) is 3.77. The number of nitrogens with zero attached hydrogens (tertiary/aromatic N) is 2. The van der Waals surface area contributed by atoms with E-state index in [-0.39, 0.29) is 5.75 Å². The van der Waals surface area contributed by atoms with Crippen LogP contribution in [-0.4, -0.2) is 16.3 Å². The number of pyridine rings is 1. The number of hydrogen-bond donors (Lipinski definition) is 2. The first-order chi connectivity index (χ1) is 11.0. The predicted octanol–water partition coefficient (Wildman–Crippen LogP) is 4.31. The lowest BCUT2D eigenvalue weighted by Crippen LogP contribution is -1.97. The van der Waals surface area contributed by atoms with Crippen LogP contribution in [0, 0.1) is 20.8 Å². The zero-order valence-corrected chi connectivity index (χ0v) is 13.5. The van der Waals surface area contributed by atoms with Gasteiger partial charge in [0.2, 0.25) is 0 Å². The normalized spacial score (nSPS) is 11.3. The van der Waals surface area contributed by atoms with E-state index in [4.69, 9.17) is 0 Å². The van der Waals surface area contributed by atoms with Gasteiger partial charge in [-0.1, -0.05) is 23.8 Å². The number of fused-ring (bicyclic) bond motifs is 1. The van der Waals surface area contributed by atoms with Crippen LogP contribution in [0.5, 0.6) is 5.75 Å². The quantitative estimate of drug-likeness (QED) is 0.560. The number of phenolic OH excluding ortho intramolecular Hbond substituents is 1. The molecule has 0 unspecified atom stereocenters. The summed E-state index contributed by atoms with van der Waals surface area (Å²) in [4.78, 5) is 4.64. The molecule has 3 rings (SSSR count). The molecule has 0 amide bonds. The minimum atomic E-state index is 0.201. The van der Waals surface area contributed by atoms with Gasteiger partial charge in [-0.05, 0) is 56.2 Å². The molecule has 0 saturated heterocycles. The van der Waals surface area contributed by atoms with Crippen molar-refractivity contribution in [2.24, 2.45) is 5.10 Å². The van der Waals surface area contributed by atoms with E-state index in [0.29, 0.717) is 11.4 Å². The summed E-state index contributed by atoms with van der Waals surface area (Å²) in [6.45, 7) is 6.23. The highest BCUT2D eigenvalue weighted by Gasteiger charge is 2.06. The minimum absolute atomic E-state index is 0.201. The Morgan fingerprint density at radius 1 is 1.04 bits per heavy atom. The lowest BCUT2D eigenvalue weighted by Gasteiger charge is -2.09. The third-order valence-corrected chi connectivity index (χ3v) is 3.77. The fourth-order valence-electron chi connectivity index (χ4n) is 2.67. The van der Waals surface area contributed by atoms with E-state index in [1.807, 2.05) is 12.1 Å². The van der Waals surface area contributed by atoms with Crippen molar-refractivity contribution in [2.45, 2.75) is 20.8 Å². The number of aryl methyl sites for hydroxylation is 3. The van der Waals surface area contributed by atoms with Gasteiger partial charge in [-0.25, -0.2) is 4.98 Å². The molecule has 1 heterocycles. The Morgan fingerprint density at radius 3 is 2.61 bits per heavy atom. The van der Waals surface area contributed by atoms with Crippen molar-refractivity contribution in [3.63, 3.8) is 0 Å². The maximum Gasteiger partial charge on any atom is 0.147 e. The SMILES string of the molecule is Cc1cc(C)c2nc(N/N=C/c3ccccc3O)cc(C)c2c1. The van der Waals surface area contributed by atoms with Crippen LogP contribution in [0.4, 0.5) is 5.82 Å². The molecule has 0 radical (unpaired) electrons. The van der Waals surface area contributed by atoms with E-state index in [0.717, 1.165) is 22.0 Å². The first kappa shape index (κ1) is 15.0. The summed E-state index contributed by atoms with van der Waals surface area (Å²) in [5, 5.41) is 15.1. The monoisotopic (exact) mass is 305 g/mol. The second-order valence-corrected chi connectivity index (χ2v) is 5.73. The Bertz CT molecular complexity index is 901. The summed E-state index contributed by atoms with van der Waals surface area (Å²) in [7, 11) is 0. The topological polar surface area (TPSA) is 57.5 Å². The molecule has 4 nitrogen and oxygen atoms in total. The summed E-state index contributed by atoms with van der Waals surface area (Å²) >= 11 is 0. The van der Waals surface area contributed by atoms with Crippen molar-refractivity contribution in [1.82, 2.24) is 4.98 Å². The lowest BCUT2D eigenvalue weighted by molar-refractivity contribution is 0.474. The molecule has 0 bridgehead atoms. The van der Waals surface area contributed by atoms with Gasteiger partial charge in [0.05, 0.1) is 11.7 Å². The largest absolute Gasteiger partial charge is 0.507 e. The Morgan fingerprint density at radius 2 is 1.83 bits per heavy atom. The molecule has 0 fully saturated rings. The van der Waals surface area contributed by atoms with Crippen molar-refractivity contribution in [2.75, 3.05) is 5.43 Å². The summed E-state index contributed by atoms with van der Waals surface area (Å²) in [6, 6.07) is 13.3. The van der Waals surface area contributed by atoms with Gasteiger partial charge in [-0.2, -0.15) is 5.10 Å². The number of hydrogen-bond acceptors (Lipinski definition) is 4. The standard InChI is InChI=1S/C19H19N3O/c1-12-8-14(3)19-16(9-12)13(2)10-18(21-19)22-20-11-15-6-4-5-7-17(15)23/h4-11,23H,1-3H3,(H,21,22)/b20-11+. The van der Waals surface area contributed by atoms with Crippen molar-refractivity contribution in [1.29, 1.82) is 0 Å². The molecule has 0 aliphatic rings. The molecule has 0 spiro atoms. The van der Waals surface area contributed by atoms with Crippen LogP contribution in [0.25, 0.3) is 10.9 Å². The van der Waals surface area contributed by atoms with E-state index in [1.165, 1.54) is 5.56 Å². The third kappa shape index (κ3) is 3.16. The number of aromatic hydroxyl groups is 1. The number of aromatic nitrogens is 1. The number of phenols is 1. The van der Waals surface area contributed by atoms with Gasteiger partial charge in [0.25, 0.3) is 0 Å². The highest BCUT2D eigenvalue weighted by Crippen LogP contribution is 2.24. The Balaban J connectivity index is 1.91. The highest BCUT2D eigenvalue weighted by molar-refractivity contribution is 5.87. The maximum absolute atomic E-state index is 9.72. The number of hydrazone groups is 1. The van der Waals surface area contributed by atoms with Crippen LogP contribution >= 0.6 is 0 Å². The smallest absolute Gasteiger partial charge is 0.147 e. The molecule has 0 aliphatic heterocycles. The van der Waals surface area contributed by atoms with Crippen molar-refractivity contribution < 1.29 is 5.11 Å². The molecular formula is C19H19N3O. The van der Waals surface area contributed by atoms with Gasteiger partial charge in [-0.15, -0.1) is 0 Å². The van der Waals surface area contributed by atoms with Crippen molar-refractivity contribution >= 4 is 22.9 Å². The fourth-order valence-corrected chi connectivity index (χ4v) is 2.67. The number of benzene rings is 2. The van der Waals surface area contributed by atoms with Gasteiger partial charge < -0.3 is 5.11 Å². The molecule has 0 saturated carbocycles. The fraction of sp³-hybridized carbons (Fsp3) is 0.158. The predicted molar refractivity (Wildman–Crippen MR) is 95.3 cm³/mol. The molecule has 4 heteroatoms. The molecular weight excluding hydrogens is 286 g/mol. The molecule has 2 N–H and O–H groups in total. The van der Waals surface area contributed by atoms with E-state index in [9.17, 15) is 5.11 Å². The molecule has 1 aromatic heterocycles. The van der Waals surface area contributed by atoms with Gasteiger partial charge in [0, 0.05) is 10.9 Å². The maximum atomic E-state index is 9.72. The van der Waals surface area contributed by atoms with E-state index < -0.39 is 0 Å². The zero-order valence-electron chi connectivity index (χ0n) is 13.5. The molecule has 2 aromatic carbocycles. The summed E-state index contributed by atoms with van der Waals surface area (Å²) in [6.07, 6.45) is 1.58. The summed E-state index contributed by atoms with van der Waals surface area (Å²) < 4.78 is 0. The van der Waals surface area contributed by atoms with Crippen molar-refractivity contribution in [3.8, 4) is 5.75 Å². The average Bonchev–Trinajstić information content (AvgIpc) is 2.50. The molecule has 0 aliphatic carbocycles. The lowest BCUT2D eigenvalue weighted by atomic mass is 10.0. The van der Waals surface area contributed by atoms with Crippen LogP contribution < -0.4 is 5.43 Å². The molecule has 0 atom stereocenters. The Labute approximate surface area is 135 Å². The van der Waals surface area contributed by atoms with Crippen molar-refractivity contribution in [3.05, 3.63) is 64.7 Å². The molecule has 3 aromatic rings. The zero-order chi connectivity index (χ0) is 16.4. The van der Waals surface area contributed by atoms with E-state index in [1.54, 1.807) is 24.4 Å². The Hall–Kier alpha value is -2.88. The van der Waals surface area contributed by atoms with Gasteiger partial charge >= 0.3 is 0 Å². The highest BCUT2D eigenvalue weighted by atomic mass is 16.3. The van der Waals surface area contributed by atoms with Crippen LogP contribution in [0.3, 0.4) is 0 Å². The number of anilines is 1. The van der Waals surface area contributed by atoms with Crippen LogP contribution in [0.15, 0.2) is 47.6 Å². The van der Waals surface area contributed by atoms with Crippen LogP contribution in [0.2, 0.25) is 0 Å². The number of para-hydroxylation sites is 1. The minimum Gasteiger partial charge on any atom is -0.507 e. The van der Waals surface area contributed by atoms with Gasteiger partial charge in [0.1, 0.15) is 11.6 Å². The second-order valence-electron chi connectivity index (χ2n) is 5.73. The van der Waals surface area contributed by atoms with Gasteiger partial charge in [0.15, 0.2) is 0 Å². The molecule has 23 heavy (non-hydrogen) atoms. The van der Waals surface area contributed by atoms with E-state index >= 15 is 0 Å². The second kappa shape index (κ2) is 6.08. The number of nitrogens with one attached hydrogen (secondary N) is 1. The first-order valence-electron chi connectivity index (χ1n) is 7.50. The van der Waals surface area contributed by atoms with Crippen LogP contribution in [0.1, 0.15) is 22.3 Å². The van der Waals surface area contributed by atoms with Gasteiger partial charge in [-0.3, -0.25) is 5.43 Å². The molecule has 116 valence electrons. The summed E-state index contributed by atoms with van der Waals surface area (Å²) in [5.74, 6) is 0.889. The van der Waals surface area contributed by atoms with E-state index in [2.05, 4.69) is 48.4 Å².